The van der Waals surface area contributed by atoms with E-state index in [1.54, 1.807) is 20.8 Å². The van der Waals surface area contributed by atoms with Gasteiger partial charge in [0, 0.05) is 0 Å². The average Bonchev–Trinajstić information content (AvgIpc) is 2.64. The molecule has 0 aliphatic heterocycles. The highest BCUT2D eigenvalue weighted by Gasteiger charge is 2.48. The molecule has 0 saturated heterocycles. The zero-order valence-corrected chi connectivity index (χ0v) is 8.62. The van der Waals surface area contributed by atoms with Gasteiger partial charge in [-0.1, -0.05) is 0 Å². The third-order valence-corrected chi connectivity index (χ3v) is 1.76. The lowest BCUT2D eigenvalue weighted by molar-refractivity contribution is -0.144. The molecule has 0 amide bonds. The first-order valence-electron chi connectivity index (χ1n) is 4.47. The SMILES string of the molecule is CC(C)(C)OC(=O)OC(=O)C1(N)CC1. The van der Waals surface area contributed by atoms with E-state index in [1.165, 1.54) is 0 Å². The summed E-state index contributed by atoms with van der Waals surface area (Å²) in [5.74, 6) is -0.702. The zero-order valence-electron chi connectivity index (χ0n) is 8.62. The molecule has 1 aliphatic rings. The van der Waals surface area contributed by atoms with Crippen molar-refractivity contribution >= 4 is 12.1 Å². The van der Waals surface area contributed by atoms with Gasteiger partial charge in [-0.15, -0.1) is 0 Å². The maximum atomic E-state index is 11.2. The van der Waals surface area contributed by atoms with E-state index in [1.807, 2.05) is 0 Å². The van der Waals surface area contributed by atoms with E-state index in [9.17, 15) is 9.59 Å². The van der Waals surface area contributed by atoms with E-state index in [0.29, 0.717) is 12.8 Å². The van der Waals surface area contributed by atoms with E-state index >= 15 is 0 Å². The molecular formula is C9H15NO4. The lowest BCUT2D eigenvalue weighted by Gasteiger charge is -2.18. The minimum absolute atomic E-state index is 0.564. The molecule has 0 atom stereocenters. The molecule has 0 aromatic heterocycles. The Labute approximate surface area is 82.5 Å². The summed E-state index contributed by atoms with van der Waals surface area (Å²) in [6.07, 6.45) is 0.141. The molecule has 1 aliphatic carbocycles. The standard InChI is InChI=1S/C9H15NO4/c1-8(2,3)14-7(12)13-6(11)9(10)4-5-9/h4-5,10H2,1-3H3. The predicted molar refractivity (Wildman–Crippen MR) is 48.5 cm³/mol. The van der Waals surface area contributed by atoms with Crippen molar-refractivity contribution in [3.05, 3.63) is 0 Å². The molecule has 1 fully saturated rings. The van der Waals surface area contributed by atoms with Crippen LogP contribution in [0.4, 0.5) is 4.79 Å². The summed E-state index contributed by atoms with van der Waals surface area (Å²) >= 11 is 0. The molecule has 14 heavy (non-hydrogen) atoms. The number of carbonyl (C=O) groups excluding carboxylic acids is 2. The second-order valence-electron chi connectivity index (χ2n) is 4.51. The van der Waals surface area contributed by atoms with Crippen molar-refractivity contribution in [3.8, 4) is 0 Å². The van der Waals surface area contributed by atoms with E-state index in [0.717, 1.165) is 0 Å². The van der Waals surface area contributed by atoms with Crippen molar-refractivity contribution in [2.24, 2.45) is 5.73 Å². The smallest absolute Gasteiger partial charge is 0.428 e. The van der Waals surface area contributed by atoms with E-state index in [4.69, 9.17) is 10.5 Å². The van der Waals surface area contributed by atoms with Crippen LogP contribution < -0.4 is 5.73 Å². The molecule has 0 spiro atoms. The van der Waals surface area contributed by atoms with Gasteiger partial charge in [0.05, 0.1) is 0 Å². The third kappa shape index (κ3) is 2.99. The van der Waals surface area contributed by atoms with Crippen LogP contribution in [-0.4, -0.2) is 23.3 Å². The van der Waals surface area contributed by atoms with E-state index < -0.39 is 23.3 Å². The molecular weight excluding hydrogens is 186 g/mol. The van der Waals surface area contributed by atoms with Crippen molar-refractivity contribution in [2.45, 2.75) is 44.8 Å². The van der Waals surface area contributed by atoms with Gasteiger partial charge >= 0.3 is 12.1 Å². The largest absolute Gasteiger partial charge is 0.516 e. The second-order valence-corrected chi connectivity index (χ2v) is 4.51. The fourth-order valence-electron chi connectivity index (χ4n) is 0.787. The van der Waals surface area contributed by atoms with Crippen molar-refractivity contribution < 1.29 is 19.1 Å². The van der Waals surface area contributed by atoms with Crippen LogP contribution in [0.1, 0.15) is 33.6 Å². The van der Waals surface area contributed by atoms with Crippen LogP contribution in [0, 0.1) is 0 Å². The lowest BCUT2D eigenvalue weighted by atomic mass is 10.2. The van der Waals surface area contributed by atoms with Gasteiger partial charge in [-0.05, 0) is 33.6 Å². The fraction of sp³-hybridized carbons (Fsp3) is 0.778. The Morgan fingerprint density at radius 1 is 1.29 bits per heavy atom. The van der Waals surface area contributed by atoms with Gasteiger partial charge in [0.15, 0.2) is 0 Å². The molecule has 80 valence electrons. The minimum Gasteiger partial charge on any atom is -0.428 e. The molecule has 0 aromatic carbocycles. The summed E-state index contributed by atoms with van der Waals surface area (Å²) in [4.78, 5) is 22.2. The van der Waals surface area contributed by atoms with Crippen molar-refractivity contribution in [1.82, 2.24) is 0 Å². The summed E-state index contributed by atoms with van der Waals surface area (Å²) in [5, 5.41) is 0. The molecule has 5 nitrogen and oxygen atoms in total. The Kier molecular flexibility index (Phi) is 2.54. The third-order valence-electron chi connectivity index (χ3n) is 1.76. The van der Waals surface area contributed by atoms with Crippen LogP contribution in [-0.2, 0) is 14.3 Å². The first-order chi connectivity index (χ1) is 6.23. The summed E-state index contributed by atoms with van der Waals surface area (Å²) in [6, 6.07) is 0. The van der Waals surface area contributed by atoms with E-state index in [2.05, 4.69) is 4.74 Å². The Bertz CT molecular complexity index is 262. The van der Waals surface area contributed by atoms with Crippen LogP contribution in [0.15, 0.2) is 0 Å². The number of rotatable bonds is 1. The fourth-order valence-corrected chi connectivity index (χ4v) is 0.787. The average molecular weight is 201 g/mol. The quantitative estimate of drug-likeness (QED) is 0.505. The van der Waals surface area contributed by atoms with Gasteiger partial charge in [0.1, 0.15) is 11.1 Å². The van der Waals surface area contributed by atoms with Gasteiger partial charge in [0.25, 0.3) is 0 Å². The van der Waals surface area contributed by atoms with Gasteiger partial charge < -0.3 is 15.2 Å². The van der Waals surface area contributed by atoms with Gasteiger partial charge in [-0.3, -0.25) is 0 Å². The molecule has 0 bridgehead atoms. The topological polar surface area (TPSA) is 78.6 Å². The summed E-state index contributed by atoms with van der Waals surface area (Å²) in [5.41, 5.74) is 3.91. The number of hydrogen-bond donors (Lipinski definition) is 1. The monoisotopic (exact) mass is 201 g/mol. The first-order valence-corrected chi connectivity index (χ1v) is 4.47. The van der Waals surface area contributed by atoms with Gasteiger partial charge in [0.2, 0.25) is 0 Å². The summed E-state index contributed by atoms with van der Waals surface area (Å²) < 4.78 is 9.22. The summed E-state index contributed by atoms with van der Waals surface area (Å²) in [7, 11) is 0. The second kappa shape index (κ2) is 3.24. The molecule has 0 aromatic rings. The van der Waals surface area contributed by atoms with Crippen molar-refractivity contribution in [3.63, 3.8) is 0 Å². The highest BCUT2D eigenvalue weighted by molar-refractivity contribution is 5.91. The van der Waals surface area contributed by atoms with Gasteiger partial charge in [-0.2, -0.15) is 0 Å². The highest BCUT2D eigenvalue weighted by atomic mass is 16.7. The molecule has 2 N–H and O–H groups in total. The lowest BCUT2D eigenvalue weighted by Crippen LogP contribution is -2.37. The Morgan fingerprint density at radius 3 is 2.14 bits per heavy atom. The minimum atomic E-state index is -0.987. The molecule has 1 saturated carbocycles. The van der Waals surface area contributed by atoms with Crippen LogP contribution in [0.3, 0.4) is 0 Å². The Morgan fingerprint density at radius 2 is 1.79 bits per heavy atom. The van der Waals surface area contributed by atoms with Crippen LogP contribution in [0.5, 0.6) is 0 Å². The Hall–Kier alpha value is -1.10. The van der Waals surface area contributed by atoms with Crippen molar-refractivity contribution in [2.75, 3.05) is 0 Å². The predicted octanol–water partition coefficient (Wildman–Crippen LogP) is 0.956. The number of ether oxygens (including phenoxy) is 2. The normalized spacial score (nSPS) is 18.6. The number of nitrogens with two attached hydrogens (primary N) is 1. The number of carbonyl (C=O) groups is 2. The molecule has 5 heteroatoms. The van der Waals surface area contributed by atoms with Crippen LogP contribution in [0.25, 0.3) is 0 Å². The Balaban J connectivity index is 2.38. The molecule has 0 radical (unpaired) electrons. The maximum absolute atomic E-state index is 11.2. The number of esters is 1. The highest BCUT2D eigenvalue weighted by Crippen LogP contribution is 2.33. The van der Waals surface area contributed by atoms with Crippen LogP contribution in [0.2, 0.25) is 0 Å². The number of hydrogen-bond acceptors (Lipinski definition) is 5. The summed E-state index contributed by atoms with van der Waals surface area (Å²) in [6.45, 7) is 5.07. The molecule has 1 rings (SSSR count). The van der Waals surface area contributed by atoms with Crippen molar-refractivity contribution in [1.29, 1.82) is 0 Å². The zero-order chi connectivity index (χ0) is 11.0. The molecule has 0 heterocycles. The molecule has 0 unspecified atom stereocenters. The van der Waals surface area contributed by atoms with Crippen LogP contribution >= 0.6 is 0 Å². The maximum Gasteiger partial charge on any atom is 0.516 e. The first kappa shape index (κ1) is 11.0. The van der Waals surface area contributed by atoms with Gasteiger partial charge in [-0.25, -0.2) is 9.59 Å². The van der Waals surface area contributed by atoms with E-state index in [-0.39, 0.29) is 0 Å².